The monoisotopic (exact) mass is 366 g/mol. The van der Waals surface area contributed by atoms with Gasteiger partial charge in [-0.05, 0) is 49.6 Å². The Morgan fingerprint density at radius 2 is 1.78 bits per heavy atom. The Balaban J connectivity index is 1.55. The van der Waals surface area contributed by atoms with E-state index in [1.165, 1.54) is 11.1 Å². The Kier molecular flexibility index (Phi) is 6.51. The van der Waals surface area contributed by atoms with Crippen LogP contribution < -0.4 is 4.74 Å². The predicted octanol–water partition coefficient (Wildman–Crippen LogP) is 3.87. The van der Waals surface area contributed by atoms with E-state index in [2.05, 4.69) is 36.1 Å². The van der Waals surface area contributed by atoms with Gasteiger partial charge in [-0.1, -0.05) is 42.0 Å². The molecule has 2 aromatic carbocycles. The van der Waals surface area contributed by atoms with Crippen molar-refractivity contribution < 1.29 is 9.53 Å². The van der Waals surface area contributed by atoms with Crippen LogP contribution in [0.15, 0.2) is 48.5 Å². The SMILES string of the molecule is COc1ccc(CN(C)C(=O)C2CCCN(Cc3ccc(C)cc3)C2)cc1. The van der Waals surface area contributed by atoms with Crippen LogP contribution in [0.1, 0.15) is 29.5 Å². The molecule has 1 heterocycles. The molecule has 0 radical (unpaired) electrons. The fraction of sp³-hybridized carbons (Fsp3) is 0.435. The number of benzene rings is 2. The van der Waals surface area contributed by atoms with Crippen molar-refractivity contribution in [1.82, 2.24) is 9.80 Å². The molecule has 27 heavy (non-hydrogen) atoms. The number of ether oxygens (including phenoxy) is 1. The number of nitrogens with zero attached hydrogens (tertiary/aromatic N) is 2. The lowest BCUT2D eigenvalue weighted by Gasteiger charge is -2.34. The van der Waals surface area contributed by atoms with E-state index in [9.17, 15) is 4.79 Å². The zero-order chi connectivity index (χ0) is 19.2. The number of aryl methyl sites for hydroxylation is 1. The van der Waals surface area contributed by atoms with E-state index < -0.39 is 0 Å². The number of amides is 1. The van der Waals surface area contributed by atoms with E-state index in [0.717, 1.165) is 43.8 Å². The molecule has 1 amide bonds. The van der Waals surface area contributed by atoms with Gasteiger partial charge in [-0.2, -0.15) is 0 Å². The minimum atomic E-state index is 0.0902. The number of rotatable bonds is 6. The first kappa shape index (κ1) is 19.4. The van der Waals surface area contributed by atoms with Crippen molar-refractivity contribution in [3.05, 3.63) is 65.2 Å². The van der Waals surface area contributed by atoms with E-state index in [-0.39, 0.29) is 11.8 Å². The molecule has 4 heteroatoms. The summed E-state index contributed by atoms with van der Waals surface area (Å²) in [5.74, 6) is 1.18. The van der Waals surface area contributed by atoms with Gasteiger partial charge in [0, 0.05) is 26.7 Å². The van der Waals surface area contributed by atoms with Crippen LogP contribution in [0.25, 0.3) is 0 Å². The highest BCUT2D eigenvalue weighted by Crippen LogP contribution is 2.21. The zero-order valence-corrected chi connectivity index (χ0v) is 16.6. The molecule has 0 saturated carbocycles. The standard InChI is InChI=1S/C23H30N2O2/c1-18-6-8-20(9-7-18)16-25-14-4-5-21(17-25)23(26)24(2)15-19-10-12-22(27-3)13-11-19/h6-13,21H,4-5,14-17H2,1-3H3. The Labute approximate surface area is 162 Å². The molecule has 1 aliphatic heterocycles. The van der Waals surface area contributed by atoms with Crippen molar-refractivity contribution in [2.24, 2.45) is 5.92 Å². The van der Waals surface area contributed by atoms with Gasteiger partial charge in [-0.25, -0.2) is 0 Å². The van der Waals surface area contributed by atoms with Crippen LogP contribution in [-0.2, 0) is 17.9 Å². The lowest BCUT2D eigenvalue weighted by atomic mass is 9.96. The summed E-state index contributed by atoms with van der Waals surface area (Å²) in [6, 6.07) is 16.6. The molecule has 144 valence electrons. The zero-order valence-electron chi connectivity index (χ0n) is 16.6. The third-order valence-electron chi connectivity index (χ3n) is 5.34. The third kappa shape index (κ3) is 5.33. The van der Waals surface area contributed by atoms with Crippen molar-refractivity contribution in [3.63, 3.8) is 0 Å². The number of likely N-dealkylation sites (tertiary alicyclic amines) is 1. The maximum absolute atomic E-state index is 12.9. The molecule has 2 aromatic rings. The van der Waals surface area contributed by atoms with Crippen molar-refractivity contribution in [2.75, 3.05) is 27.2 Å². The van der Waals surface area contributed by atoms with Crippen molar-refractivity contribution in [2.45, 2.75) is 32.9 Å². The van der Waals surface area contributed by atoms with Crippen LogP contribution in [0.4, 0.5) is 0 Å². The summed E-state index contributed by atoms with van der Waals surface area (Å²) in [7, 11) is 3.57. The molecule has 0 spiro atoms. The second kappa shape index (κ2) is 9.05. The molecule has 1 atom stereocenters. The van der Waals surface area contributed by atoms with Gasteiger partial charge in [0.05, 0.1) is 13.0 Å². The second-order valence-electron chi connectivity index (χ2n) is 7.60. The third-order valence-corrected chi connectivity index (χ3v) is 5.34. The molecule has 0 bridgehead atoms. The number of hydrogen-bond acceptors (Lipinski definition) is 3. The smallest absolute Gasteiger partial charge is 0.227 e. The second-order valence-corrected chi connectivity index (χ2v) is 7.60. The van der Waals surface area contributed by atoms with Crippen LogP contribution in [0.2, 0.25) is 0 Å². The Bertz CT molecular complexity index is 740. The predicted molar refractivity (Wildman–Crippen MR) is 109 cm³/mol. The van der Waals surface area contributed by atoms with E-state index in [1.807, 2.05) is 36.2 Å². The van der Waals surface area contributed by atoms with Gasteiger partial charge in [-0.15, -0.1) is 0 Å². The lowest BCUT2D eigenvalue weighted by molar-refractivity contribution is -0.136. The lowest BCUT2D eigenvalue weighted by Crippen LogP contribution is -2.43. The first-order chi connectivity index (χ1) is 13.0. The highest BCUT2D eigenvalue weighted by atomic mass is 16.5. The summed E-state index contributed by atoms with van der Waals surface area (Å²) in [6.45, 7) is 5.58. The number of piperidine rings is 1. The number of carbonyl (C=O) groups excluding carboxylic acids is 1. The quantitative estimate of drug-likeness (QED) is 0.778. The Morgan fingerprint density at radius 1 is 1.11 bits per heavy atom. The fourth-order valence-electron chi connectivity index (χ4n) is 3.75. The first-order valence-electron chi connectivity index (χ1n) is 9.71. The molecule has 1 aliphatic rings. The van der Waals surface area contributed by atoms with Crippen LogP contribution in [0, 0.1) is 12.8 Å². The largest absolute Gasteiger partial charge is 0.497 e. The van der Waals surface area contributed by atoms with Crippen molar-refractivity contribution in [1.29, 1.82) is 0 Å². The number of methoxy groups -OCH3 is 1. The number of carbonyl (C=O) groups is 1. The van der Waals surface area contributed by atoms with Crippen molar-refractivity contribution in [3.8, 4) is 5.75 Å². The topological polar surface area (TPSA) is 32.8 Å². The molecular formula is C23H30N2O2. The van der Waals surface area contributed by atoms with Gasteiger partial charge < -0.3 is 9.64 Å². The Hall–Kier alpha value is -2.33. The van der Waals surface area contributed by atoms with E-state index in [4.69, 9.17) is 4.74 Å². The molecule has 4 nitrogen and oxygen atoms in total. The minimum Gasteiger partial charge on any atom is -0.497 e. The molecule has 3 rings (SSSR count). The van der Waals surface area contributed by atoms with E-state index in [0.29, 0.717) is 6.54 Å². The minimum absolute atomic E-state index is 0.0902. The highest BCUT2D eigenvalue weighted by molar-refractivity contribution is 5.79. The normalized spacial score (nSPS) is 17.5. The average molecular weight is 367 g/mol. The fourth-order valence-corrected chi connectivity index (χ4v) is 3.75. The summed E-state index contributed by atoms with van der Waals surface area (Å²) >= 11 is 0. The number of hydrogen-bond donors (Lipinski definition) is 0. The van der Waals surface area contributed by atoms with E-state index >= 15 is 0 Å². The van der Waals surface area contributed by atoms with Crippen LogP contribution in [0.3, 0.4) is 0 Å². The molecule has 0 aliphatic carbocycles. The Morgan fingerprint density at radius 3 is 2.44 bits per heavy atom. The van der Waals surface area contributed by atoms with Gasteiger partial charge in [0.15, 0.2) is 0 Å². The summed E-state index contributed by atoms with van der Waals surface area (Å²) in [5, 5.41) is 0. The molecular weight excluding hydrogens is 336 g/mol. The maximum atomic E-state index is 12.9. The summed E-state index contributed by atoms with van der Waals surface area (Å²) < 4.78 is 5.20. The van der Waals surface area contributed by atoms with Gasteiger partial charge in [0.1, 0.15) is 5.75 Å². The van der Waals surface area contributed by atoms with Crippen molar-refractivity contribution >= 4 is 5.91 Å². The molecule has 0 N–H and O–H groups in total. The maximum Gasteiger partial charge on any atom is 0.227 e. The van der Waals surface area contributed by atoms with Crippen LogP contribution in [0.5, 0.6) is 5.75 Å². The molecule has 1 unspecified atom stereocenters. The van der Waals surface area contributed by atoms with Crippen LogP contribution >= 0.6 is 0 Å². The summed E-state index contributed by atoms with van der Waals surface area (Å²) in [5.41, 5.74) is 3.73. The van der Waals surface area contributed by atoms with Gasteiger partial charge in [0.2, 0.25) is 5.91 Å². The average Bonchev–Trinajstić information content (AvgIpc) is 2.70. The molecule has 0 aromatic heterocycles. The molecule has 1 saturated heterocycles. The highest BCUT2D eigenvalue weighted by Gasteiger charge is 2.28. The summed E-state index contributed by atoms with van der Waals surface area (Å²) in [4.78, 5) is 17.2. The van der Waals surface area contributed by atoms with Gasteiger partial charge in [0.25, 0.3) is 0 Å². The van der Waals surface area contributed by atoms with E-state index in [1.54, 1.807) is 7.11 Å². The summed E-state index contributed by atoms with van der Waals surface area (Å²) in [6.07, 6.45) is 2.06. The van der Waals surface area contributed by atoms with Crippen LogP contribution in [-0.4, -0.2) is 43.0 Å². The van der Waals surface area contributed by atoms with Gasteiger partial charge in [-0.3, -0.25) is 9.69 Å². The first-order valence-corrected chi connectivity index (χ1v) is 9.71. The van der Waals surface area contributed by atoms with Gasteiger partial charge >= 0.3 is 0 Å². The molecule has 1 fully saturated rings.